The fourth-order valence-electron chi connectivity index (χ4n) is 3.07. The molecule has 4 aromatic rings. The van der Waals surface area contributed by atoms with Crippen LogP contribution in [0, 0.1) is 0 Å². The predicted octanol–water partition coefficient (Wildman–Crippen LogP) is 3.16. The molecule has 0 aliphatic carbocycles. The number of aromatic nitrogens is 4. The lowest BCUT2D eigenvalue weighted by atomic mass is 10.1. The minimum absolute atomic E-state index is 0.213. The second-order valence-electron chi connectivity index (χ2n) is 6.47. The smallest absolute Gasteiger partial charge is 0.269 e. The number of H-pyrrole nitrogens is 1. The Morgan fingerprint density at radius 2 is 2.07 bits per heavy atom. The van der Waals surface area contributed by atoms with Crippen molar-refractivity contribution in [2.75, 3.05) is 13.3 Å². The van der Waals surface area contributed by atoms with Crippen LogP contribution < -0.4 is 14.8 Å². The molecule has 146 valence electrons. The number of hydrogen-bond acceptors (Lipinski definition) is 6. The molecule has 1 aliphatic heterocycles. The zero-order valence-corrected chi connectivity index (χ0v) is 16.1. The van der Waals surface area contributed by atoms with E-state index in [9.17, 15) is 4.79 Å². The van der Waals surface area contributed by atoms with Gasteiger partial charge in [0.15, 0.2) is 11.5 Å². The van der Waals surface area contributed by atoms with E-state index in [1.807, 2.05) is 46.6 Å². The average molecular weight is 407 g/mol. The summed E-state index contributed by atoms with van der Waals surface area (Å²) in [7, 11) is 0. The average Bonchev–Trinajstić information content (AvgIpc) is 3.54. The van der Waals surface area contributed by atoms with E-state index in [2.05, 4.69) is 26.0 Å². The van der Waals surface area contributed by atoms with Crippen LogP contribution in [-0.4, -0.2) is 39.2 Å². The molecule has 0 atom stereocenters. The third-order valence-electron chi connectivity index (χ3n) is 4.57. The number of carbonyl (C=O) groups excluding carboxylic acids is 1. The molecule has 0 bridgehead atoms. The van der Waals surface area contributed by atoms with E-state index in [0.29, 0.717) is 36.0 Å². The molecule has 1 aromatic carbocycles. The molecule has 0 spiro atoms. The molecule has 0 saturated heterocycles. The van der Waals surface area contributed by atoms with Gasteiger partial charge in [0.2, 0.25) is 6.79 Å². The van der Waals surface area contributed by atoms with Crippen LogP contribution in [-0.2, 0) is 6.54 Å². The van der Waals surface area contributed by atoms with Crippen LogP contribution in [0.4, 0.5) is 0 Å². The van der Waals surface area contributed by atoms with Gasteiger partial charge in [-0.3, -0.25) is 14.6 Å². The summed E-state index contributed by atoms with van der Waals surface area (Å²) >= 11 is 1.64. The molecule has 29 heavy (non-hydrogen) atoms. The topological polar surface area (TPSA) is 94.1 Å². The largest absolute Gasteiger partial charge is 0.454 e. The Balaban J connectivity index is 1.19. The van der Waals surface area contributed by atoms with E-state index in [0.717, 1.165) is 16.8 Å². The molecule has 0 saturated carbocycles. The van der Waals surface area contributed by atoms with Gasteiger partial charge in [-0.25, -0.2) is 0 Å². The number of amides is 1. The molecule has 1 amide bonds. The lowest BCUT2D eigenvalue weighted by Gasteiger charge is -2.03. The number of fused-ring (bicyclic) bond motifs is 1. The lowest BCUT2D eigenvalue weighted by molar-refractivity contribution is 0.0947. The first-order chi connectivity index (χ1) is 14.3. The summed E-state index contributed by atoms with van der Waals surface area (Å²) in [5.74, 6) is 1.18. The maximum absolute atomic E-state index is 12.4. The van der Waals surface area contributed by atoms with Gasteiger partial charge in [-0.2, -0.15) is 21.5 Å². The Hall–Kier alpha value is -3.59. The highest BCUT2D eigenvalue weighted by Crippen LogP contribution is 2.35. The van der Waals surface area contributed by atoms with Crippen LogP contribution in [0.25, 0.3) is 22.5 Å². The third-order valence-corrected chi connectivity index (χ3v) is 5.26. The Morgan fingerprint density at radius 3 is 2.97 bits per heavy atom. The standard InChI is InChI=1S/C20H17N5O3S/c26-20(21-5-7-25-6-3-15(24-25)14-4-8-29-11-14)17-10-16(22-23-17)13-1-2-18-19(9-13)28-12-27-18/h1-4,6,8-11H,5,7,12H2,(H,21,26)(H,22,23). The number of nitrogens with zero attached hydrogens (tertiary/aromatic N) is 3. The zero-order chi connectivity index (χ0) is 19.6. The summed E-state index contributed by atoms with van der Waals surface area (Å²) in [6.45, 7) is 1.26. The number of ether oxygens (including phenoxy) is 2. The Kier molecular flexibility index (Phi) is 4.49. The van der Waals surface area contributed by atoms with Crippen molar-refractivity contribution >= 4 is 17.2 Å². The molecule has 8 nitrogen and oxygen atoms in total. The number of nitrogens with one attached hydrogen (secondary N) is 2. The summed E-state index contributed by atoms with van der Waals surface area (Å²) in [6, 6.07) is 11.3. The Labute approximate surface area is 170 Å². The van der Waals surface area contributed by atoms with Gasteiger partial charge in [0.1, 0.15) is 5.69 Å². The van der Waals surface area contributed by atoms with Crippen LogP contribution >= 0.6 is 11.3 Å². The molecule has 5 rings (SSSR count). The highest BCUT2D eigenvalue weighted by Gasteiger charge is 2.16. The number of carbonyl (C=O) groups is 1. The van der Waals surface area contributed by atoms with E-state index < -0.39 is 0 Å². The fourth-order valence-corrected chi connectivity index (χ4v) is 3.72. The van der Waals surface area contributed by atoms with E-state index in [4.69, 9.17) is 9.47 Å². The van der Waals surface area contributed by atoms with Crippen LogP contribution in [0.5, 0.6) is 11.5 Å². The Morgan fingerprint density at radius 1 is 1.14 bits per heavy atom. The fraction of sp³-hybridized carbons (Fsp3) is 0.150. The number of thiophene rings is 1. The maximum atomic E-state index is 12.4. The monoisotopic (exact) mass is 407 g/mol. The Bertz CT molecular complexity index is 1150. The number of aromatic amines is 1. The highest BCUT2D eigenvalue weighted by molar-refractivity contribution is 7.08. The van der Waals surface area contributed by atoms with E-state index >= 15 is 0 Å². The third kappa shape index (κ3) is 3.59. The van der Waals surface area contributed by atoms with Crippen molar-refractivity contribution in [2.24, 2.45) is 0 Å². The highest BCUT2D eigenvalue weighted by atomic mass is 32.1. The summed E-state index contributed by atoms with van der Waals surface area (Å²) < 4.78 is 12.5. The molecule has 2 N–H and O–H groups in total. The van der Waals surface area contributed by atoms with E-state index in [1.165, 1.54) is 0 Å². The van der Waals surface area contributed by atoms with Gasteiger partial charge in [0, 0.05) is 29.2 Å². The number of hydrogen-bond donors (Lipinski definition) is 2. The van der Waals surface area contributed by atoms with Gasteiger partial charge in [-0.05, 0) is 41.8 Å². The molecule has 3 aromatic heterocycles. The summed E-state index contributed by atoms with van der Waals surface area (Å²) in [5, 5.41) is 18.5. The minimum atomic E-state index is -0.213. The molecule has 9 heteroatoms. The lowest BCUT2D eigenvalue weighted by Crippen LogP contribution is -2.27. The molecular formula is C20H17N5O3S. The van der Waals surface area contributed by atoms with Crippen molar-refractivity contribution in [3.8, 4) is 34.0 Å². The zero-order valence-electron chi connectivity index (χ0n) is 15.3. The number of benzene rings is 1. The van der Waals surface area contributed by atoms with Gasteiger partial charge in [0.25, 0.3) is 5.91 Å². The second-order valence-corrected chi connectivity index (χ2v) is 7.25. The van der Waals surface area contributed by atoms with Crippen LogP contribution in [0.2, 0.25) is 0 Å². The van der Waals surface area contributed by atoms with Crippen molar-refractivity contribution in [2.45, 2.75) is 6.54 Å². The summed E-state index contributed by atoms with van der Waals surface area (Å²) in [4.78, 5) is 12.4. The van der Waals surface area contributed by atoms with Gasteiger partial charge >= 0.3 is 0 Å². The van der Waals surface area contributed by atoms with Crippen molar-refractivity contribution in [3.63, 3.8) is 0 Å². The van der Waals surface area contributed by atoms with Gasteiger partial charge in [-0.15, -0.1) is 0 Å². The van der Waals surface area contributed by atoms with Crippen LogP contribution in [0.3, 0.4) is 0 Å². The van der Waals surface area contributed by atoms with Crippen LogP contribution in [0.1, 0.15) is 10.5 Å². The van der Waals surface area contributed by atoms with Gasteiger partial charge in [-0.1, -0.05) is 0 Å². The first-order valence-corrected chi connectivity index (χ1v) is 10.0. The quantitative estimate of drug-likeness (QED) is 0.512. The molecule has 0 unspecified atom stereocenters. The molecule has 4 heterocycles. The van der Waals surface area contributed by atoms with Crippen molar-refractivity contribution < 1.29 is 14.3 Å². The SMILES string of the molecule is O=C(NCCn1ccc(-c2ccsc2)n1)c1cc(-c2ccc3c(c2)OCO3)n[nH]1. The van der Waals surface area contributed by atoms with Crippen molar-refractivity contribution in [3.05, 3.63) is 59.0 Å². The molecule has 0 fully saturated rings. The first kappa shape index (κ1) is 17.5. The van der Waals surface area contributed by atoms with Crippen molar-refractivity contribution in [1.29, 1.82) is 0 Å². The van der Waals surface area contributed by atoms with Crippen molar-refractivity contribution in [1.82, 2.24) is 25.3 Å². The first-order valence-electron chi connectivity index (χ1n) is 9.06. The second kappa shape index (κ2) is 7.44. The number of rotatable bonds is 6. The molecular weight excluding hydrogens is 390 g/mol. The van der Waals surface area contributed by atoms with Crippen LogP contribution in [0.15, 0.2) is 53.4 Å². The normalized spacial score (nSPS) is 12.3. The minimum Gasteiger partial charge on any atom is -0.454 e. The summed E-state index contributed by atoms with van der Waals surface area (Å²) in [6.07, 6.45) is 1.91. The molecule has 1 aliphatic rings. The summed E-state index contributed by atoms with van der Waals surface area (Å²) in [5.41, 5.74) is 3.95. The molecule has 0 radical (unpaired) electrons. The van der Waals surface area contributed by atoms with E-state index in [-0.39, 0.29) is 12.7 Å². The van der Waals surface area contributed by atoms with E-state index in [1.54, 1.807) is 17.4 Å². The predicted molar refractivity (Wildman–Crippen MR) is 108 cm³/mol. The van der Waals surface area contributed by atoms with Gasteiger partial charge in [0.05, 0.1) is 17.9 Å². The van der Waals surface area contributed by atoms with Gasteiger partial charge < -0.3 is 14.8 Å². The maximum Gasteiger partial charge on any atom is 0.269 e.